The van der Waals surface area contributed by atoms with E-state index in [1.165, 1.54) is 19.1 Å². The van der Waals surface area contributed by atoms with Crippen molar-refractivity contribution in [1.82, 2.24) is 9.97 Å². The second-order valence-corrected chi connectivity index (χ2v) is 6.23. The number of benzene rings is 2. The molecule has 1 amide bonds. The number of hydrogen-bond donors (Lipinski definition) is 4. The summed E-state index contributed by atoms with van der Waals surface area (Å²) in [5, 5.41) is 21.5. The maximum Gasteiger partial charge on any atom is 0.221 e. The minimum atomic E-state index is -0.390. The lowest BCUT2D eigenvalue weighted by atomic mass is 10.2. The van der Waals surface area contributed by atoms with Gasteiger partial charge in [0, 0.05) is 18.3 Å². The van der Waals surface area contributed by atoms with Gasteiger partial charge in [0.25, 0.3) is 0 Å². The predicted molar refractivity (Wildman–Crippen MR) is 101 cm³/mol. The number of amidine groups is 1. The van der Waals surface area contributed by atoms with Crippen LogP contribution in [-0.2, 0) is 4.79 Å². The maximum atomic E-state index is 13.4. The van der Waals surface area contributed by atoms with Gasteiger partial charge in [-0.3, -0.25) is 10.2 Å². The lowest BCUT2D eigenvalue weighted by Gasteiger charge is -2.19. The highest BCUT2D eigenvalue weighted by molar-refractivity contribution is 6.30. The van der Waals surface area contributed by atoms with E-state index in [0.29, 0.717) is 28.2 Å². The minimum Gasteiger partial charge on any atom is -0.509 e. The molecule has 7 nitrogen and oxygen atoms in total. The average Bonchev–Trinajstić information content (AvgIpc) is 3.14. The number of imidazole rings is 1. The van der Waals surface area contributed by atoms with E-state index >= 15 is 0 Å². The van der Waals surface area contributed by atoms with Gasteiger partial charge in [-0.1, -0.05) is 0 Å². The number of carbonyl (C=O) groups excluding carboxylic acids is 1. The summed E-state index contributed by atoms with van der Waals surface area (Å²) in [7, 11) is 0. The first kappa shape index (κ1) is 16.8. The van der Waals surface area contributed by atoms with Crippen LogP contribution in [0.15, 0.2) is 48.2 Å². The van der Waals surface area contributed by atoms with Crippen LogP contribution in [0.1, 0.15) is 12.7 Å². The van der Waals surface area contributed by atoms with Gasteiger partial charge in [-0.2, -0.15) is 0 Å². The van der Waals surface area contributed by atoms with Crippen molar-refractivity contribution in [3.63, 3.8) is 0 Å². The fourth-order valence-corrected chi connectivity index (χ4v) is 3.08. The first-order valence-electron chi connectivity index (χ1n) is 8.24. The fraction of sp³-hybridized carbons (Fsp3) is 0.105. The third-order valence-electron chi connectivity index (χ3n) is 4.28. The third kappa shape index (κ3) is 3.01. The van der Waals surface area contributed by atoms with Crippen LogP contribution in [0.3, 0.4) is 0 Å². The highest BCUT2D eigenvalue weighted by atomic mass is 19.1. The van der Waals surface area contributed by atoms with Crippen LogP contribution in [0.5, 0.6) is 0 Å². The van der Waals surface area contributed by atoms with Crippen LogP contribution in [0.25, 0.3) is 16.6 Å². The molecule has 0 fully saturated rings. The second kappa shape index (κ2) is 6.24. The molecule has 136 valence electrons. The summed E-state index contributed by atoms with van der Waals surface area (Å²) in [5.74, 6) is -0.155. The smallest absolute Gasteiger partial charge is 0.221 e. The fourth-order valence-electron chi connectivity index (χ4n) is 3.08. The van der Waals surface area contributed by atoms with Crippen LogP contribution in [0.4, 0.5) is 15.8 Å². The lowest BCUT2D eigenvalue weighted by molar-refractivity contribution is -0.114. The van der Waals surface area contributed by atoms with E-state index in [0.717, 1.165) is 0 Å². The first-order chi connectivity index (χ1) is 12.9. The molecule has 27 heavy (non-hydrogen) atoms. The Bertz CT molecular complexity index is 1100. The Morgan fingerprint density at radius 3 is 2.74 bits per heavy atom. The van der Waals surface area contributed by atoms with Crippen LogP contribution >= 0.6 is 0 Å². The van der Waals surface area contributed by atoms with Crippen molar-refractivity contribution in [2.24, 2.45) is 0 Å². The molecule has 1 aromatic heterocycles. The van der Waals surface area contributed by atoms with E-state index in [4.69, 9.17) is 5.41 Å². The molecule has 0 saturated heterocycles. The Labute approximate surface area is 153 Å². The highest BCUT2D eigenvalue weighted by Crippen LogP contribution is 2.31. The van der Waals surface area contributed by atoms with Crippen molar-refractivity contribution < 1.29 is 14.3 Å². The number of carbonyl (C=O) groups is 1. The summed E-state index contributed by atoms with van der Waals surface area (Å²) in [4.78, 5) is 20.1. The molecule has 1 aliphatic heterocycles. The van der Waals surface area contributed by atoms with E-state index in [1.807, 2.05) is 0 Å². The molecule has 0 saturated carbocycles. The van der Waals surface area contributed by atoms with Crippen LogP contribution in [0.2, 0.25) is 0 Å². The second-order valence-electron chi connectivity index (χ2n) is 6.23. The topological polar surface area (TPSA) is 105 Å². The number of nitrogens with zero attached hydrogens (tertiary/aromatic N) is 2. The van der Waals surface area contributed by atoms with E-state index in [1.54, 1.807) is 35.2 Å². The first-order valence-corrected chi connectivity index (χ1v) is 8.24. The van der Waals surface area contributed by atoms with Gasteiger partial charge in [-0.25, -0.2) is 9.37 Å². The van der Waals surface area contributed by atoms with Gasteiger partial charge in [0.2, 0.25) is 5.91 Å². The number of aromatic amines is 1. The molecule has 8 heteroatoms. The number of aromatic nitrogens is 2. The van der Waals surface area contributed by atoms with Gasteiger partial charge in [-0.15, -0.1) is 0 Å². The minimum absolute atomic E-state index is 0.00506. The van der Waals surface area contributed by atoms with Crippen molar-refractivity contribution in [2.45, 2.75) is 6.92 Å². The van der Waals surface area contributed by atoms with E-state index in [-0.39, 0.29) is 29.6 Å². The summed E-state index contributed by atoms with van der Waals surface area (Å²) in [6.45, 7) is 1.55. The number of hydrogen-bond acceptors (Lipinski definition) is 4. The number of halogens is 1. The number of aliphatic hydroxyl groups excluding tert-OH is 1. The SMILES string of the molecule is CC(=O)Nc1ccc(N2CC(O)=C(c3nc4ccc(F)cc4[nH]3)C2=N)cc1. The zero-order valence-electron chi connectivity index (χ0n) is 14.4. The van der Waals surface area contributed by atoms with Gasteiger partial charge in [0.05, 0.1) is 23.2 Å². The zero-order chi connectivity index (χ0) is 19.1. The molecule has 0 bridgehead atoms. The molecular formula is C19H16FN5O2. The van der Waals surface area contributed by atoms with Crippen LogP contribution in [-0.4, -0.2) is 33.4 Å². The van der Waals surface area contributed by atoms with Gasteiger partial charge >= 0.3 is 0 Å². The summed E-state index contributed by atoms with van der Waals surface area (Å²) >= 11 is 0. The van der Waals surface area contributed by atoms with Gasteiger partial charge < -0.3 is 20.3 Å². The molecule has 3 aromatic rings. The van der Waals surface area contributed by atoms with E-state index < -0.39 is 5.82 Å². The number of anilines is 2. The summed E-state index contributed by atoms with van der Waals surface area (Å²) < 4.78 is 13.4. The summed E-state index contributed by atoms with van der Waals surface area (Å²) in [6, 6.07) is 11.1. The highest BCUT2D eigenvalue weighted by Gasteiger charge is 2.31. The number of nitrogens with one attached hydrogen (secondary N) is 3. The molecule has 0 atom stereocenters. The van der Waals surface area contributed by atoms with Crippen molar-refractivity contribution >= 4 is 39.7 Å². The standard InChI is InChI=1S/C19H16FN5O2/c1-10(26)22-12-3-5-13(6-4-12)25-9-16(27)17(18(25)21)19-23-14-7-2-11(20)8-15(14)24-19/h2-8,21,27H,9H2,1H3,(H,22,26)(H,23,24). The molecule has 0 unspecified atom stereocenters. The predicted octanol–water partition coefficient (Wildman–Crippen LogP) is 3.43. The number of aliphatic hydroxyl groups is 1. The Hall–Kier alpha value is -3.68. The molecule has 4 rings (SSSR count). The zero-order valence-corrected chi connectivity index (χ0v) is 14.4. The monoisotopic (exact) mass is 365 g/mol. The summed E-state index contributed by atoms with van der Waals surface area (Å²) in [5.41, 5.74) is 2.66. The number of fused-ring (bicyclic) bond motifs is 1. The van der Waals surface area contributed by atoms with Crippen molar-refractivity contribution in [3.05, 3.63) is 59.9 Å². The Balaban J connectivity index is 1.63. The molecule has 0 radical (unpaired) electrons. The maximum absolute atomic E-state index is 13.4. The largest absolute Gasteiger partial charge is 0.509 e. The third-order valence-corrected chi connectivity index (χ3v) is 4.28. The quantitative estimate of drug-likeness (QED) is 0.571. The van der Waals surface area contributed by atoms with E-state index in [2.05, 4.69) is 15.3 Å². The number of rotatable bonds is 3. The molecule has 2 aromatic carbocycles. The number of amides is 1. The average molecular weight is 365 g/mol. The van der Waals surface area contributed by atoms with Crippen molar-refractivity contribution in [3.8, 4) is 0 Å². The van der Waals surface area contributed by atoms with Gasteiger partial charge in [0.1, 0.15) is 23.2 Å². The molecular weight excluding hydrogens is 349 g/mol. The molecule has 0 aliphatic carbocycles. The van der Waals surface area contributed by atoms with Crippen LogP contribution < -0.4 is 10.2 Å². The molecule has 2 heterocycles. The van der Waals surface area contributed by atoms with Crippen LogP contribution in [0, 0.1) is 11.2 Å². The molecule has 0 spiro atoms. The molecule has 1 aliphatic rings. The van der Waals surface area contributed by atoms with E-state index in [9.17, 15) is 14.3 Å². The van der Waals surface area contributed by atoms with Gasteiger partial charge in [-0.05, 0) is 42.5 Å². The lowest BCUT2D eigenvalue weighted by Crippen LogP contribution is -2.26. The molecule has 4 N–H and O–H groups in total. The number of H-pyrrole nitrogens is 1. The Morgan fingerprint density at radius 1 is 1.30 bits per heavy atom. The Kier molecular flexibility index (Phi) is 3.88. The van der Waals surface area contributed by atoms with Gasteiger partial charge in [0.15, 0.2) is 0 Å². The normalized spacial score (nSPS) is 14.3. The summed E-state index contributed by atoms with van der Waals surface area (Å²) in [6.07, 6.45) is 0. The Morgan fingerprint density at radius 2 is 2.04 bits per heavy atom. The van der Waals surface area contributed by atoms with Crippen molar-refractivity contribution in [1.29, 1.82) is 5.41 Å². The van der Waals surface area contributed by atoms with Crippen molar-refractivity contribution in [2.75, 3.05) is 16.8 Å².